The first-order valence-corrected chi connectivity index (χ1v) is 7.94. The Morgan fingerprint density at radius 3 is 2.15 bits per heavy atom. The molecule has 2 rings (SSSR count). The van der Waals surface area contributed by atoms with E-state index in [-0.39, 0.29) is 5.41 Å². The molecular formula is C18H19NS. The van der Waals surface area contributed by atoms with Crippen molar-refractivity contribution in [3.63, 3.8) is 0 Å². The molecule has 1 atom stereocenters. The van der Waals surface area contributed by atoms with Crippen LogP contribution >= 0.6 is 11.8 Å². The van der Waals surface area contributed by atoms with Crippen LogP contribution in [-0.4, -0.2) is 5.75 Å². The molecule has 2 aromatic carbocycles. The maximum absolute atomic E-state index is 9.67. The smallest absolute Gasteiger partial charge is 0.0827 e. The molecule has 0 saturated carbocycles. The fraction of sp³-hybridized carbons (Fsp3) is 0.278. The van der Waals surface area contributed by atoms with Gasteiger partial charge in [-0.3, -0.25) is 0 Å². The van der Waals surface area contributed by atoms with Crippen LogP contribution in [0.5, 0.6) is 0 Å². The molecule has 0 spiro atoms. The molecule has 0 aliphatic rings. The fourth-order valence-corrected chi connectivity index (χ4v) is 3.38. The minimum absolute atomic E-state index is 0.358. The van der Waals surface area contributed by atoms with E-state index in [1.54, 1.807) is 0 Å². The second-order valence-corrected chi connectivity index (χ2v) is 5.99. The summed E-state index contributed by atoms with van der Waals surface area (Å²) in [5.74, 6) is 0.959. The molecule has 2 aromatic rings. The molecule has 20 heavy (non-hydrogen) atoms. The van der Waals surface area contributed by atoms with E-state index in [1.807, 2.05) is 36.0 Å². The van der Waals surface area contributed by atoms with Gasteiger partial charge in [-0.1, -0.05) is 55.5 Å². The molecule has 0 aliphatic heterocycles. The summed E-state index contributed by atoms with van der Waals surface area (Å²) in [6.07, 6.45) is 1.73. The molecule has 0 fully saturated rings. The molecule has 102 valence electrons. The summed E-state index contributed by atoms with van der Waals surface area (Å²) in [6, 6.07) is 23.1. The lowest BCUT2D eigenvalue weighted by Gasteiger charge is -2.25. The minimum Gasteiger partial charge on any atom is -0.197 e. The second-order valence-electron chi connectivity index (χ2n) is 4.83. The molecule has 0 amide bonds. The van der Waals surface area contributed by atoms with Gasteiger partial charge in [0, 0.05) is 4.90 Å². The van der Waals surface area contributed by atoms with Gasteiger partial charge in [0.1, 0.15) is 0 Å². The Morgan fingerprint density at radius 2 is 1.60 bits per heavy atom. The van der Waals surface area contributed by atoms with Crippen molar-refractivity contribution in [1.29, 1.82) is 5.26 Å². The van der Waals surface area contributed by atoms with Gasteiger partial charge in [-0.2, -0.15) is 5.26 Å². The summed E-state index contributed by atoms with van der Waals surface area (Å²) in [5, 5.41) is 9.67. The highest BCUT2D eigenvalue weighted by atomic mass is 32.2. The zero-order valence-electron chi connectivity index (χ0n) is 11.8. The van der Waals surface area contributed by atoms with E-state index in [0.29, 0.717) is 0 Å². The predicted molar refractivity (Wildman–Crippen MR) is 85.8 cm³/mol. The van der Waals surface area contributed by atoms with Gasteiger partial charge in [0.15, 0.2) is 0 Å². The molecule has 1 unspecified atom stereocenters. The molecule has 1 nitrogen and oxygen atoms in total. The Labute approximate surface area is 125 Å². The molecule has 0 saturated heterocycles. The number of hydrogen-bond acceptors (Lipinski definition) is 2. The van der Waals surface area contributed by atoms with Gasteiger partial charge in [-0.15, -0.1) is 11.8 Å². The standard InChI is InChI=1S/C18H19NS/c1-2-18(15-19,16-9-5-3-6-10-16)13-14-20-17-11-7-4-8-12-17/h3-12H,2,13-14H2,1H3. The Morgan fingerprint density at radius 1 is 1.00 bits per heavy atom. The first kappa shape index (κ1) is 14.7. The van der Waals surface area contributed by atoms with Gasteiger partial charge in [-0.05, 0) is 36.3 Å². The SMILES string of the molecule is CCC(C#N)(CCSc1ccccc1)c1ccccc1. The topological polar surface area (TPSA) is 23.8 Å². The van der Waals surface area contributed by atoms with Gasteiger partial charge in [0.25, 0.3) is 0 Å². The van der Waals surface area contributed by atoms with E-state index >= 15 is 0 Å². The highest BCUT2D eigenvalue weighted by molar-refractivity contribution is 7.99. The zero-order valence-corrected chi connectivity index (χ0v) is 12.6. The molecular weight excluding hydrogens is 262 g/mol. The average molecular weight is 281 g/mol. The van der Waals surface area contributed by atoms with Crippen molar-refractivity contribution in [2.24, 2.45) is 0 Å². The third-order valence-electron chi connectivity index (χ3n) is 3.68. The van der Waals surface area contributed by atoms with Crippen LogP contribution in [0, 0.1) is 11.3 Å². The summed E-state index contributed by atoms with van der Waals surface area (Å²) < 4.78 is 0. The lowest BCUT2D eigenvalue weighted by Crippen LogP contribution is -2.24. The quantitative estimate of drug-likeness (QED) is 0.692. The lowest BCUT2D eigenvalue weighted by molar-refractivity contribution is 0.515. The predicted octanol–water partition coefficient (Wildman–Crippen LogP) is 5.04. The number of nitriles is 1. The molecule has 0 N–H and O–H groups in total. The summed E-state index contributed by atoms with van der Waals surface area (Å²) in [4.78, 5) is 1.27. The molecule has 0 aliphatic carbocycles. The van der Waals surface area contributed by atoms with Crippen molar-refractivity contribution in [2.45, 2.75) is 30.1 Å². The number of benzene rings is 2. The van der Waals surface area contributed by atoms with E-state index in [0.717, 1.165) is 24.2 Å². The summed E-state index contributed by atoms with van der Waals surface area (Å²) in [7, 11) is 0. The molecule has 0 radical (unpaired) electrons. The third-order valence-corrected chi connectivity index (χ3v) is 4.70. The van der Waals surface area contributed by atoms with Crippen LogP contribution in [0.1, 0.15) is 25.3 Å². The Hall–Kier alpha value is -1.72. The van der Waals surface area contributed by atoms with Crippen LogP contribution in [0.15, 0.2) is 65.6 Å². The van der Waals surface area contributed by atoms with Crippen molar-refractivity contribution in [3.8, 4) is 6.07 Å². The maximum Gasteiger partial charge on any atom is 0.0827 e. The van der Waals surface area contributed by atoms with E-state index < -0.39 is 0 Å². The third kappa shape index (κ3) is 3.43. The zero-order chi connectivity index (χ0) is 14.3. The van der Waals surface area contributed by atoms with E-state index in [2.05, 4.69) is 49.4 Å². The number of hydrogen-bond donors (Lipinski definition) is 0. The van der Waals surface area contributed by atoms with Crippen LogP contribution in [0.4, 0.5) is 0 Å². The molecule has 0 bridgehead atoms. The van der Waals surface area contributed by atoms with Crippen molar-refractivity contribution < 1.29 is 0 Å². The van der Waals surface area contributed by atoms with Gasteiger partial charge >= 0.3 is 0 Å². The van der Waals surface area contributed by atoms with Crippen molar-refractivity contribution in [3.05, 3.63) is 66.2 Å². The number of nitrogens with zero attached hydrogens (tertiary/aromatic N) is 1. The van der Waals surface area contributed by atoms with E-state index in [9.17, 15) is 5.26 Å². The second kappa shape index (κ2) is 7.17. The Kier molecular flexibility index (Phi) is 5.26. The molecule has 0 heterocycles. The first-order chi connectivity index (χ1) is 9.80. The normalized spacial score (nSPS) is 13.4. The van der Waals surface area contributed by atoms with Crippen LogP contribution < -0.4 is 0 Å². The molecule has 0 aromatic heterocycles. The average Bonchev–Trinajstić information content (AvgIpc) is 2.54. The van der Waals surface area contributed by atoms with Gasteiger partial charge in [0.05, 0.1) is 11.5 Å². The fourth-order valence-electron chi connectivity index (χ4n) is 2.34. The van der Waals surface area contributed by atoms with Crippen molar-refractivity contribution >= 4 is 11.8 Å². The maximum atomic E-state index is 9.67. The van der Waals surface area contributed by atoms with Crippen LogP contribution in [0.3, 0.4) is 0 Å². The monoisotopic (exact) mass is 281 g/mol. The van der Waals surface area contributed by atoms with Gasteiger partial charge in [-0.25, -0.2) is 0 Å². The van der Waals surface area contributed by atoms with Crippen molar-refractivity contribution in [2.75, 3.05) is 5.75 Å². The van der Waals surface area contributed by atoms with Crippen LogP contribution in [-0.2, 0) is 5.41 Å². The summed E-state index contributed by atoms with van der Waals surface area (Å²) in [6.45, 7) is 2.10. The van der Waals surface area contributed by atoms with Crippen LogP contribution in [0.25, 0.3) is 0 Å². The highest BCUT2D eigenvalue weighted by Crippen LogP contribution is 2.33. The first-order valence-electron chi connectivity index (χ1n) is 6.95. The minimum atomic E-state index is -0.358. The summed E-state index contributed by atoms with van der Waals surface area (Å²) >= 11 is 1.82. The largest absolute Gasteiger partial charge is 0.197 e. The highest BCUT2D eigenvalue weighted by Gasteiger charge is 2.29. The number of thioether (sulfide) groups is 1. The lowest BCUT2D eigenvalue weighted by atomic mass is 9.77. The molecule has 2 heteroatoms. The van der Waals surface area contributed by atoms with Crippen molar-refractivity contribution in [1.82, 2.24) is 0 Å². The van der Waals surface area contributed by atoms with Gasteiger partial charge < -0.3 is 0 Å². The number of rotatable bonds is 6. The van der Waals surface area contributed by atoms with Gasteiger partial charge in [0.2, 0.25) is 0 Å². The Balaban J connectivity index is 2.05. The van der Waals surface area contributed by atoms with E-state index in [4.69, 9.17) is 0 Å². The Bertz CT molecular complexity index is 559. The van der Waals surface area contributed by atoms with E-state index in [1.165, 1.54) is 4.90 Å². The summed E-state index contributed by atoms with van der Waals surface area (Å²) in [5.41, 5.74) is 0.780. The van der Waals surface area contributed by atoms with Crippen LogP contribution in [0.2, 0.25) is 0 Å².